The molecule has 0 aliphatic carbocycles. The van der Waals surface area contributed by atoms with E-state index in [-0.39, 0.29) is 0 Å². The number of hydrogen-bond acceptors (Lipinski definition) is 3. The van der Waals surface area contributed by atoms with E-state index < -0.39 is 0 Å². The first kappa shape index (κ1) is 15.6. The van der Waals surface area contributed by atoms with Crippen LogP contribution in [0.25, 0.3) is 0 Å². The van der Waals surface area contributed by atoms with Gasteiger partial charge in [0.05, 0.1) is 0 Å². The fourth-order valence-corrected chi connectivity index (χ4v) is 2.74. The first-order valence-electron chi connectivity index (χ1n) is 7.71. The fraction of sp³-hybridized carbons (Fsp3) is 0.278. The van der Waals surface area contributed by atoms with Gasteiger partial charge in [-0.2, -0.15) is 0 Å². The molecule has 1 heterocycles. The van der Waals surface area contributed by atoms with E-state index in [0.717, 1.165) is 35.3 Å². The number of nitrogens with zero attached hydrogens (tertiary/aromatic N) is 1. The highest BCUT2D eigenvalue weighted by atomic mass is 32.1. The quantitative estimate of drug-likeness (QED) is 0.852. The maximum absolute atomic E-state index is 5.53. The van der Waals surface area contributed by atoms with Crippen molar-refractivity contribution in [2.75, 3.05) is 13.3 Å². The van der Waals surface area contributed by atoms with Crippen molar-refractivity contribution in [3.63, 3.8) is 0 Å². The van der Waals surface area contributed by atoms with E-state index in [0.29, 0.717) is 13.3 Å². The molecule has 0 bridgehead atoms. The monoisotopic (exact) mass is 328 g/mol. The average Bonchev–Trinajstić information content (AvgIpc) is 3.06. The maximum Gasteiger partial charge on any atom is 0.231 e. The molecule has 0 unspecified atom stereocenters. The van der Waals surface area contributed by atoms with Gasteiger partial charge in [0.25, 0.3) is 0 Å². The van der Waals surface area contributed by atoms with Crippen LogP contribution in [0, 0.1) is 0 Å². The Labute approximate surface area is 142 Å². The number of ether oxygens (including phenoxy) is 2. The zero-order valence-electron chi connectivity index (χ0n) is 13.1. The Balaban J connectivity index is 1.57. The molecule has 3 rings (SSSR count). The molecule has 0 saturated heterocycles. The second-order valence-corrected chi connectivity index (χ2v) is 5.73. The van der Waals surface area contributed by atoms with Crippen molar-refractivity contribution in [2.45, 2.75) is 20.0 Å². The Morgan fingerprint density at radius 3 is 2.65 bits per heavy atom. The van der Waals surface area contributed by atoms with Crippen LogP contribution >= 0.6 is 12.2 Å². The van der Waals surface area contributed by atoms with Crippen LogP contribution < -0.4 is 14.8 Å². The van der Waals surface area contributed by atoms with E-state index in [1.807, 2.05) is 36.4 Å². The van der Waals surface area contributed by atoms with Gasteiger partial charge < -0.3 is 19.7 Å². The summed E-state index contributed by atoms with van der Waals surface area (Å²) in [6.07, 6.45) is 0. The molecule has 1 aliphatic heterocycles. The highest BCUT2D eigenvalue weighted by molar-refractivity contribution is 7.80. The summed E-state index contributed by atoms with van der Waals surface area (Å²) < 4.78 is 10.7. The van der Waals surface area contributed by atoms with E-state index in [4.69, 9.17) is 21.7 Å². The Kier molecular flexibility index (Phi) is 4.98. The van der Waals surface area contributed by atoms with Crippen molar-refractivity contribution in [3.8, 4) is 11.5 Å². The summed E-state index contributed by atoms with van der Waals surface area (Å²) in [6.45, 7) is 4.75. The van der Waals surface area contributed by atoms with Crippen molar-refractivity contribution in [1.82, 2.24) is 10.2 Å². The summed E-state index contributed by atoms with van der Waals surface area (Å²) >= 11 is 5.53. The fourth-order valence-electron chi connectivity index (χ4n) is 2.47. The van der Waals surface area contributed by atoms with Gasteiger partial charge in [-0.25, -0.2) is 0 Å². The zero-order valence-corrected chi connectivity index (χ0v) is 13.9. The van der Waals surface area contributed by atoms with Gasteiger partial charge in [-0.3, -0.25) is 0 Å². The van der Waals surface area contributed by atoms with Gasteiger partial charge in [0.2, 0.25) is 6.79 Å². The molecule has 0 aromatic heterocycles. The van der Waals surface area contributed by atoms with Crippen molar-refractivity contribution in [1.29, 1.82) is 0 Å². The Morgan fingerprint density at radius 1 is 1.09 bits per heavy atom. The summed E-state index contributed by atoms with van der Waals surface area (Å²) in [4.78, 5) is 2.15. The van der Waals surface area contributed by atoms with Gasteiger partial charge in [-0.1, -0.05) is 36.4 Å². The summed E-state index contributed by atoms with van der Waals surface area (Å²) in [5.41, 5.74) is 2.37. The SMILES string of the molecule is CCN(Cc1ccccc1)C(=S)NCc1ccc2c(c1)OCO2. The van der Waals surface area contributed by atoms with Crippen LogP contribution in [0.4, 0.5) is 0 Å². The molecular formula is C18H20N2O2S. The summed E-state index contributed by atoms with van der Waals surface area (Å²) in [5.74, 6) is 1.60. The Hall–Kier alpha value is -2.27. The first-order chi connectivity index (χ1) is 11.3. The van der Waals surface area contributed by atoms with Crippen molar-refractivity contribution in [3.05, 3.63) is 59.7 Å². The van der Waals surface area contributed by atoms with E-state index in [9.17, 15) is 0 Å². The lowest BCUT2D eigenvalue weighted by Gasteiger charge is -2.24. The molecule has 120 valence electrons. The smallest absolute Gasteiger partial charge is 0.231 e. The van der Waals surface area contributed by atoms with Gasteiger partial charge in [-0.05, 0) is 42.4 Å². The number of hydrogen-bond donors (Lipinski definition) is 1. The molecular weight excluding hydrogens is 308 g/mol. The van der Waals surface area contributed by atoms with Crippen LogP contribution in [-0.4, -0.2) is 23.4 Å². The van der Waals surface area contributed by atoms with E-state index in [1.165, 1.54) is 5.56 Å². The van der Waals surface area contributed by atoms with Crippen LogP contribution in [0.5, 0.6) is 11.5 Å². The van der Waals surface area contributed by atoms with Crippen molar-refractivity contribution in [2.24, 2.45) is 0 Å². The van der Waals surface area contributed by atoms with Crippen molar-refractivity contribution < 1.29 is 9.47 Å². The van der Waals surface area contributed by atoms with Crippen LogP contribution in [0.3, 0.4) is 0 Å². The highest BCUT2D eigenvalue weighted by Gasteiger charge is 2.14. The molecule has 23 heavy (non-hydrogen) atoms. The predicted octanol–water partition coefficient (Wildman–Crippen LogP) is 3.31. The number of thiocarbonyl (C=S) groups is 1. The lowest BCUT2D eigenvalue weighted by Crippen LogP contribution is -2.38. The first-order valence-corrected chi connectivity index (χ1v) is 8.12. The normalized spacial score (nSPS) is 12.0. The van der Waals surface area contributed by atoms with Crippen LogP contribution in [0.1, 0.15) is 18.1 Å². The third-order valence-corrected chi connectivity index (χ3v) is 4.17. The molecule has 0 radical (unpaired) electrons. The minimum absolute atomic E-state index is 0.297. The molecule has 5 heteroatoms. The molecule has 2 aromatic rings. The van der Waals surface area contributed by atoms with Gasteiger partial charge in [0.1, 0.15) is 0 Å². The average molecular weight is 328 g/mol. The Bertz CT molecular complexity index is 676. The standard InChI is InChI=1S/C18H20N2O2S/c1-2-20(12-14-6-4-3-5-7-14)18(23)19-11-15-8-9-16-17(10-15)22-13-21-16/h3-10H,2,11-13H2,1H3,(H,19,23). The van der Waals surface area contributed by atoms with Crippen molar-refractivity contribution >= 4 is 17.3 Å². The van der Waals surface area contributed by atoms with Gasteiger partial charge in [-0.15, -0.1) is 0 Å². The number of fused-ring (bicyclic) bond motifs is 1. The topological polar surface area (TPSA) is 33.7 Å². The third kappa shape index (κ3) is 3.93. The van der Waals surface area contributed by atoms with Crippen LogP contribution in [-0.2, 0) is 13.1 Å². The van der Waals surface area contributed by atoms with Crippen LogP contribution in [0.2, 0.25) is 0 Å². The summed E-state index contributed by atoms with van der Waals surface area (Å²) in [6, 6.07) is 16.3. The van der Waals surface area contributed by atoms with Gasteiger partial charge in [0.15, 0.2) is 16.6 Å². The second-order valence-electron chi connectivity index (χ2n) is 5.35. The molecule has 0 saturated carbocycles. The number of benzene rings is 2. The third-order valence-electron chi connectivity index (χ3n) is 3.77. The van der Waals surface area contributed by atoms with E-state index >= 15 is 0 Å². The molecule has 4 nitrogen and oxygen atoms in total. The molecule has 0 fully saturated rings. The van der Waals surface area contributed by atoms with E-state index in [1.54, 1.807) is 0 Å². The Morgan fingerprint density at radius 2 is 1.87 bits per heavy atom. The molecule has 0 amide bonds. The predicted molar refractivity (Wildman–Crippen MR) is 94.5 cm³/mol. The number of nitrogens with one attached hydrogen (secondary N) is 1. The highest BCUT2D eigenvalue weighted by Crippen LogP contribution is 2.32. The zero-order chi connectivity index (χ0) is 16.1. The maximum atomic E-state index is 5.53. The molecule has 1 N–H and O–H groups in total. The molecule has 0 spiro atoms. The lowest BCUT2D eigenvalue weighted by atomic mass is 10.2. The summed E-state index contributed by atoms with van der Waals surface area (Å²) in [5, 5.41) is 4.08. The largest absolute Gasteiger partial charge is 0.454 e. The lowest BCUT2D eigenvalue weighted by molar-refractivity contribution is 0.174. The molecule has 1 aliphatic rings. The second kappa shape index (κ2) is 7.33. The minimum atomic E-state index is 0.297. The van der Waals surface area contributed by atoms with E-state index in [2.05, 4.69) is 29.3 Å². The van der Waals surface area contributed by atoms with Gasteiger partial charge in [0, 0.05) is 19.6 Å². The van der Waals surface area contributed by atoms with Gasteiger partial charge >= 0.3 is 0 Å². The van der Waals surface area contributed by atoms with Crippen LogP contribution in [0.15, 0.2) is 48.5 Å². The summed E-state index contributed by atoms with van der Waals surface area (Å²) in [7, 11) is 0. The molecule has 0 atom stereocenters. The molecule has 2 aromatic carbocycles. The number of rotatable bonds is 5. The minimum Gasteiger partial charge on any atom is -0.454 e.